The van der Waals surface area contributed by atoms with Crippen molar-refractivity contribution >= 4 is 5.91 Å². The van der Waals surface area contributed by atoms with Crippen LogP contribution in [-0.4, -0.2) is 11.9 Å². The Bertz CT molecular complexity index is 384. The predicted molar refractivity (Wildman–Crippen MR) is 60.8 cm³/mol. The van der Waals surface area contributed by atoms with Crippen molar-refractivity contribution in [3.63, 3.8) is 0 Å². The van der Waals surface area contributed by atoms with E-state index in [1.165, 1.54) is 16.7 Å². The van der Waals surface area contributed by atoms with Crippen LogP contribution >= 0.6 is 0 Å². The van der Waals surface area contributed by atoms with E-state index < -0.39 is 0 Å². The van der Waals surface area contributed by atoms with Gasteiger partial charge in [0.25, 0.3) is 0 Å². The first kappa shape index (κ1) is 10.2. The maximum Gasteiger partial charge on any atom is 0.220 e. The normalized spacial score (nSPS) is 20.4. The molecule has 0 bridgehead atoms. The van der Waals surface area contributed by atoms with Gasteiger partial charge in [0.15, 0.2) is 0 Å². The fourth-order valence-corrected chi connectivity index (χ4v) is 2.17. The molecule has 0 radical (unpaired) electrons. The number of hydrogen-bond acceptors (Lipinski definition) is 1. The Morgan fingerprint density at radius 3 is 2.80 bits per heavy atom. The summed E-state index contributed by atoms with van der Waals surface area (Å²) in [5.74, 6) is 0.199. The molecule has 2 heteroatoms. The Kier molecular flexibility index (Phi) is 2.76. The molecule has 0 spiro atoms. The highest BCUT2D eigenvalue weighted by Gasteiger charge is 2.21. The second-order valence-electron chi connectivity index (χ2n) is 4.44. The van der Waals surface area contributed by atoms with Crippen LogP contribution in [0.15, 0.2) is 18.2 Å². The molecule has 1 saturated heterocycles. The summed E-state index contributed by atoms with van der Waals surface area (Å²) in [5.41, 5.74) is 3.98. The minimum atomic E-state index is 0.199. The number of nitrogens with one attached hydrogen (secondary N) is 1. The van der Waals surface area contributed by atoms with Crippen molar-refractivity contribution < 1.29 is 4.79 Å². The largest absolute Gasteiger partial charge is 0.353 e. The molecule has 1 N–H and O–H groups in total. The van der Waals surface area contributed by atoms with Crippen LogP contribution in [0.5, 0.6) is 0 Å². The highest BCUT2D eigenvalue weighted by Crippen LogP contribution is 2.17. The summed E-state index contributed by atoms with van der Waals surface area (Å²) in [6.07, 6.45) is 2.64. The van der Waals surface area contributed by atoms with Gasteiger partial charge in [-0.2, -0.15) is 0 Å². The number of benzene rings is 1. The number of carbonyl (C=O) groups is 1. The van der Waals surface area contributed by atoms with Gasteiger partial charge in [-0.1, -0.05) is 23.8 Å². The molecule has 1 atom stereocenters. The average molecular weight is 203 g/mol. The van der Waals surface area contributed by atoms with Crippen molar-refractivity contribution in [1.82, 2.24) is 5.32 Å². The molecule has 1 amide bonds. The minimum Gasteiger partial charge on any atom is -0.353 e. The minimum absolute atomic E-state index is 0.199. The van der Waals surface area contributed by atoms with Gasteiger partial charge in [0.2, 0.25) is 5.91 Å². The van der Waals surface area contributed by atoms with Crippen LogP contribution in [0, 0.1) is 13.8 Å². The monoisotopic (exact) mass is 203 g/mol. The lowest BCUT2D eigenvalue weighted by Crippen LogP contribution is -2.27. The number of hydrogen-bond donors (Lipinski definition) is 1. The lowest BCUT2D eigenvalue weighted by Gasteiger charge is -2.12. The molecule has 1 unspecified atom stereocenters. The van der Waals surface area contributed by atoms with Crippen molar-refractivity contribution in [3.05, 3.63) is 34.9 Å². The summed E-state index contributed by atoms with van der Waals surface area (Å²) in [5, 5.41) is 3.01. The summed E-state index contributed by atoms with van der Waals surface area (Å²) in [4.78, 5) is 11.1. The zero-order valence-corrected chi connectivity index (χ0v) is 9.34. The molecular weight excluding hydrogens is 186 g/mol. The van der Waals surface area contributed by atoms with Gasteiger partial charge in [0.05, 0.1) is 0 Å². The summed E-state index contributed by atoms with van der Waals surface area (Å²) in [6.45, 7) is 4.24. The molecule has 1 aromatic carbocycles. The van der Waals surface area contributed by atoms with Gasteiger partial charge in [-0.05, 0) is 37.8 Å². The molecule has 0 saturated carbocycles. The number of aryl methyl sites for hydroxylation is 2. The van der Waals surface area contributed by atoms with Gasteiger partial charge in [0, 0.05) is 12.5 Å². The lowest BCUT2D eigenvalue weighted by molar-refractivity contribution is -0.119. The molecule has 1 aliphatic heterocycles. The van der Waals surface area contributed by atoms with Crippen molar-refractivity contribution in [3.8, 4) is 0 Å². The maximum atomic E-state index is 11.1. The molecule has 1 aliphatic rings. The van der Waals surface area contributed by atoms with Crippen LogP contribution in [0.3, 0.4) is 0 Å². The van der Waals surface area contributed by atoms with Gasteiger partial charge < -0.3 is 5.32 Å². The lowest BCUT2D eigenvalue weighted by atomic mass is 9.99. The average Bonchev–Trinajstić information content (AvgIpc) is 2.56. The van der Waals surface area contributed by atoms with E-state index >= 15 is 0 Å². The quantitative estimate of drug-likeness (QED) is 0.783. The van der Waals surface area contributed by atoms with Crippen molar-refractivity contribution in [2.24, 2.45) is 0 Å². The molecule has 1 aromatic rings. The molecule has 0 aliphatic carbocycles. The third kappa shape index (κ3) is 2.38. The highest BCUT2D eigenvalue weighted by atomic mass is 16.1. The van der Waals surface area contributed by atoms with Gasteiger partial charge in [-0.25, -0.2) is 0 Å². The zero-order valence-electron chi connectivity index (χ0n) is 9.34. The molecule has 1 fully saturated rings. The summed E-state index contributed by atoms with van der Waals surface area (Å²) < 4.78 is 0. The summed E-state index contributed by atoms with van der Waals surface area (Å²) >= 11 is 0. The van der Waals surface area contributed by atoms with Crippen LogP contribution < -0.4 is 5.32 Å². The van der Waals surface area contributed by atoms with E-state index in [-0.39, 0.29) is 5.91 Å². The fraction of sp³-hybridized carbons (Fsp3) is 0.462. The Balaban J connectivity index is 2.07. The summed E-state index contributed by atoms with van der Waals surface area (Å²) in [6, 6.07) is 6.86. The van der Waals surface area contributed by atoms with Crippen LogP contribution in [-0.2, 0) is 11.2 Å². The topological polar surface area (TPSA) is 29.1 Å². The number of carbonyl (C=O) groups excluding carboxylic acids is 1. The smallest absolute Gasteiger partial charge is 0.220 e. The number of amides is 1. The van der Waals surface area contributed by atoms with Crippen LogP contribution in [0.2, 0.25) is 0 Å². The van der Waals surface area contributed by atoms with E-state index in [2.05, 4.69) is 37.4 Å². The van der Waals surface area contributed by atoms with Crippen LogP contribution in [0.4, 0.5) is 0 Å². The van der Waals surface area contributed by atoms with Gasteiger partial charge in [-0.3, -0.25) is 4.79 Å². The van der Waals surface area contributed by atoms with E-state index in [1.54, 1.807) is 0 Å². The first-order valence-electron chi connectivity index (χ1n) is 5.50. The molecule has 15 heavy (non-hydrogen) atoms. The molecule has 2 nitrogen and oxygen atoms in total. The van der Waals surface area contributed by atoms with Crippen LogP contribution in [0.1, 0.15) is 29.5 Å². The first-order valence-corrected chi connectivity index (χ1v) is 5.50. The van der Waals surface area contributed by atoms with E-state index in [0.29, 0.717) is 12.5 Å². The Hall–Kier alpha value is -1.31. The molecule has 2 rings (SSSR count). The fourth-order valence-electron chi connectivity index (χ4n) is 2.17. The third-order valence-corrected chi connectivity index (χ3v) is 3.05. The second kappa shape index (κ2) is 4.05. The first-order chi connectivity index (χ1) is 7.15. The van der Waals surface area contributed by atoms with Gasteiger partial charge >= 0.3 is 0 Å². The standard InChI is InChI=1S/C13H17NO/c1-9-3-4-11(10(2)7-9)8-12-5-6-13(15)14-12/h3-4,7,12H,5-6,8H2,1-2H3,(H,14,15). The maximum absolute atomic E-state index is 11.1. The van der Waals surface area contributed by atoms with Crippen LogP contribution in [0.25, 0.3) is 0 Å². The van der Waals surface area contributed by atoms with Crippen molar-refractivity contribution in [2.45, 2.75) is 39.2 Å². The van der Waals surface area contributed by atoms with E-state index in [4.69, 9.17) is 0 Å². The third-order valence-electron chi connectivity index (χ3n) is 3.05. The zero-order chi connectivity index (χ0) is 10.8. The van der Waals surface area contributed by atoms with Gasteiger partial charge in [0.1, 0.15) is 0 Å². The van der Waals surface area contributed by atoms with E-state index in [1.807, 2.05) is 0 Å². The molecular formula is C13H17NO. The Labute approximate surface area is 90.7 Å². The highest BCUT2D eigenvalue weighted by molar-refractivity contribution is 5.78. The van der Waals surface area contributed by atoms with Gasteiger partial charge in [-0.15, -0.1) is 0 Å². The SMILES string of the molecule is Cc1ccc(CC2CCC(=O)N2)c(C)c1. The predicted octanol–water partition coefficient (Wildman–Crippen LogP) is 2.12. The van der Waals surface area contributed by atoms with E-state index in [9.17, 15) is 4.79 Å². The molecule has 80 valence electrons. The number of rotatable bonds is 2. The summed E-state index contributed by atoms with van der Waals surface area (Å²) in [7, 11) is 0. The Morgan fingerprint density at radius 1 is 1.40 bits per heavy atom. The van der Waals surface area contributed by atoms with Crippen molar-refractivity contribution in [2.75, 3.05) is 0 Å². The second-order valence-corrected chi connectivity index (χ2v) is 4.44. The molecule has 0 aromatic heterocycles. The Morgan fingerprint density at radius 2 is 2.20 bits per heavy atom. The van der Waals surface area contributed by atoms with E-state index in [0.717, 1.165) is 12.8 Å². The van der Waals surface area contributed by atoms with Crippen molar-refractivity contribution in [1.29, 1.82) is 0 Å². The molecule has 1 heterocycles.